The average Bonchev–Trinajstić information content (AvgIpc) is 3.18. The van der Waals surface area contributed by atoms with Gasteiger partial charge in [-0.2, -0.15) is 0 Å². The van der Waals surface area contributed by atoms with Crippen LogP contribution in [-0.2, 0) is 6.54 Å². The summed E-state index contributed by atoms with van der Waals surface area (Å²) in [5.74, 6) is -0.309. The van der Waals surface area contributed by atoms with Gasteiger partial charge in [0.05, 0.1) is 6.57 Å². The summed E-state index contributed by atoms with van der Waals surface area (Å²) in [7, 11) is 0. The van der Waals surface area contributed by atoms with Crippen molar-refractivity contribution in [2.45, 2.75) is 44.3 Å². The third-order valence-electron chi connectivity index (χ3n) is 6.99. The van der Waals surface area contributed by atoms with Crippen molar-refractivity contribution in [1.82, 2.24) is 9.88 Å². The number of nitrogens with zero attached hydrogens (tertiary/aromatic N) is 2. The molecule has 1 aliphatic carbocycles. The van der Waals surface area contributed by atoms with Gasteiger partial charge in [0.2, 0.25) is 5.69 Å². The van der Waals surface area contributed by atoms with Gasteiger partial charge in [-0.3, -0.25) is 10.2 Å². The Hall–Kier alpha value is -4.15. The predicted octanol–water partition coefficient (Wildman–Crippen LogP) is 4.68. The van der Waals surface area contributed by atoms with E-state index >= 15 is 0 Å². The van der Waals surface area contributed by atoms with Crippen molar-refractivity contribution < 1.29 is 4.79 Å². The second-order valence-corrected chi connectivity index (χ2v) is 9.26. The molecule has 7 nitrogen and oxygen atoms in total. The summed E-state index contributed by atoms with van der Waals surface area (Å²) >= 11 is 0. The molecule has 1 aromatic heterocycles. The number of nitrogens with two attached hydrogens (primary N) is 2. The van der Waals surface area contributed by atoms with Gasteiger partial charge in [0, 0.05) is 35.1 Å². The van der Waals surface area contributed by atoms with Gasteiger partial charge >= 0.3 is 0 Å². The molecule has 7 heteroatoms. The summed E-state index contributed by atoms with van der Waals surface area (Å²) in [6, 6.07) is 19.8. The number of benzene rings is 3. The lowest BCUT2D eigenvalue weighted by Gasteiger charge is -2.27. The van der Waals surface area contributed by atoms with E-state index in [-0.39, 0.29) is 23.8 Å². The fraction of sp³-hybridized carbons (Fsp3) is 0.250. The predicted molar refractivity (Wildman–Crippen MR) is 140 cm³/mol. The summed E-state index contributed by atoms with van der Waals surface area (Å²) < 4.78 is 1.90. The number of rotatable bonds is 5. The van der Waals surface area contributed by atoms with Crippen molar-refractivity contribution in [2.24, 2.45) is 11.5 Å². The summed E-state index contributed by atoms with van der Waals surface area (Å²) in [5, 5.41) is 14.0. The first-order valence-electron chi connectivity index (χ1n) is 11.9. The number of nitrogen functional groups attached to an aromatic ring is 1. The minimum atomic E-state index is -0.253. The Kier molecular flexibility index (Phi) is 5.98. The maximum absolute atomic E-state index is 13.7. The SMILES string of the molecule is [C-]#[N+]c1c(C(=O)NC2CCC(N)CC2)n(Cc2cccc3ccccc23)c2cc(C(=N)N)ccc12. The Morgan fingerprint density at radius 2 is 1.80 bits per heavy atom. The maximum Gasteiger partial charge on any atom is 0.257 e. The third kappa shape index (κ3) is 4.25. The normalized spacial score (nSPS) is 17.8. The number of aromatic nitrogens is 1. The lowest BCUT2D eigenvalue weighted by Crippen LogP contribution is -2.41. The largest absolute Gasteiger partial charge is 0.384 e. The molecule has 6 N–H and O–H groups in total. The van der Waals surface area contributed by atoms with Crippen LogP contribution in [-0.4, -0.2) is 28.4 Å². The lowest BCUT2D eigenvalue weighted by atomic mass is 9.92. The van der Waals surface area contributed by atoms with E-state index in [1.807, 2.05) is 28.8 Å². The molecule has 1 aliphatic rings. The molecule has 4 aromatic rings. The molecule has 0 atom stereocenters. The van der Waals surface area contributed by atoms with E-state index < -0.39 is 0 Å². The number of hydrogen-bond acceptors (Lipinski definition) is 3. The lowest BCUT2D eigenvalue weighted by molar-refractivity contribution is 0.0918. The molecule has 0 aliphatic heterocycles. The highest BCUT2D eigenvalue weighted by Gasteiger charge is 2.27. The highest BCUT2D eigenvalue weighted by atomic mass is 16.2. The highest BCUT2D eigenvalue weighted by Crippen LogP contribution is 2.36. The number of fused-ring (bicyclic) bond motifs is 2. The molecule has 1 fully saturated rings. The van der Waals surface area contributed by atoms with E-state index in [1.165, 1.54) is 0 Å². The van der Waals surface area contributed by atoms with Gasteiger partial charge in [-0.15, -0.1) is 0 Å². The van der Waals surface area contributed by atoms with Crippen molar-refractivity contribution >= 4 is 39.1 Å². The minimum absolute atomic E-state index is 0.0395. The first-order chi connectivity index (χ1) is 17.0. The van der Waals surface area contributed by atoms with Crippen LogP contribution in [0.3, 0.4) is 0 Å². The first-order valence-corrected chi connectivity index (χ1v) is 11.9. The highest BCUT2D eigenvalue weighted by molar-refractivity contribution is 6.11. The standard InChI is InChI=1S/C28H28N6O/c1-32-25-23-14-9-18(27(30)31)15-24(23)34(16-19-7-4-6-17-5-2-3-8-22(17)19)26(25)28(35)33-21-12-10-20(29)11-13-21/h2-9,14-15,20-21H,10-13,16,29H2,(H3,30,31)(H,33,35). The van der Waals surface area contributed by atoms with Crippen LogP contribution in [0.4, 0.5) is 5.69 Å². The molecule has 0 bridgehead atoms. The molecular formula is C28H28N6O. The van der Waals surface area contributed by atoms with Crippen LogP contribution in [0, 0.1) is 12.0 Å². The van der Waals surface area contributed by atoms with E-state index in [0.717, 1.165) is 42.0 Å². The van der Waals surface area contributed by atoms with Crippen LogP contribution in [0.15, 0.2) is 60.7 Å². The number of hydrogen-bond donors (Lipinski definition) is 4. The smallest absolute Gasteiger partial charge is 0.257 e. The van der Waals surface area contributed by atoms with Gasteiger partial charge in [0.25, 0.3) is 5.91 Å². The molecule has 1 amide bonds. The third-order valence-corrected chi connectivity index (χ3v) is 6.99. The number of carbonyl (C=O) groups excluding carboxylic acids is 1. The van der Waals surface area contributed by atoms with Crippen LogP contribution in [0.2, 0.25) is 0 Å². The Morgan fingerprint density at radius 1 is 1.06 bits per heavy atom. The Labute approximate surface area is 204 Å². The first kappa shape index (κ1) is 22.6. The fourth-order valence-electron chi connectivity index (χ4n) is 5.12. The summed E-state index contributed by atoms with van der Waals surface area (Å²) in [6.45, 7) is 8.33. The van der Waals surface area contributed by atoms with Gasteiger partial charge in [-0.05, 0) is 48.1 Å². The molecule has 0 saturated heterocycles. The zero-order valence-electron chi connectivity index (χ0n) is 19.4. The monoisotopic (exact) mass is 464 g/mol. The Bertz CT molecular complexity index is 1480. The van der Waals surface area contributed by atoms with Crippen molar-refractivity contribution in [3.8, 4) is 0 Å². The Balaban J connectivity index is 1.66. The van der Waals surface area contributed by atoms with E-state index in [9.17, 15) is 4.79 Å². The Morgan fingerprint density at radius 3 is 2.54 bits per heavy atom. The molecule has 1 saturated carbocycles. The number of amides is 1. The topological polar surface area (TPSA) is 114 Å². The molecule has 1 heterocycles. The zero-order valence-corrected chi connectivity index (χ0v) is 19.4. The zero-order chi connectivity index (χ0) is 24.5. The summed E-state index contributed by atoms with van der Waals surface area (Å²) in [4.78, 5) is 17.5. The van der Waals surface area contributed by atoms with E-state index in [1.54, 1.807) is 18.2 Å². The fourth-order valence-corrected chi connectivity index (χ4v) is 5.12. The second kappa shape index (κ2) is 9.24. The van der Waals surface area contributed by atoms with Gasteiger partial charge in [0.15, 0.2) is 0 Å². The van der Waals surface area contributed by atoms with E-state index in [0.29, 0.717) is 34.4 Å². The van der Waals surface area contributed by atoms with Crippen LogP contribution in [0.25, 0.3) is 26.5 Å². The van der Waals surface area contributed by atoms with Crippen molar-refractivity contribution in [3.63, 3.8) is 0 Å². The summed E-state index contributed by atoms with van der Waals surface area (Å²) in [5.41, 5.74) is 14.8. The maximum atomic E-state index is 13.7. The number of nitrogens with one attached hydrogen (secondary N) is 2. The molecule has 3 aromatic carbocycles. The molecule has 35 heavy (non-hydrogen) atoms. The minimum Gasteiger partial charge on any atom is -0.384 e. The van der Waals surface area contributed by atoms with E-state index in [4.69, 9.17) is 23.4 Å². The average molecular weight is 465 g/mol. The number of amidine groups is 1. The van der Waals surface area contributed by atoms with Gasteiger partial charge < -0.3 is 21.4 Å². The van der Waals surface area contributed by atoms with Gasteiger partial charge in [-0.25, -0.2) is 4.85 Å². The van der Waals surface area contributed by atoms with Crippen molar-refractivity contribution in [1.29, 1.82) is 5.41 Å². The van der Waals surface area contributed by atoms with E-state index in [2.05, 4.69) is 28.4 Å². The van der Waals surface area contributed by atoms with Gasteiger partial charge in [0.1, 0.15) is 11.5 Å². The van der Waals surface area contributed by atoms with Crippen LogP contribution >= 0.6 is 0 Å². The molecule has 0 spiro atoms. The van der Waals surface area contributed by atoms with Gasteiger partial charge in [-0.1, -0.05) is 54.6 Å². The quantitative estimate of drug-likeness (QED) is 0.195. The molecule has 0 radical (unpaired) electrons. The van der Waals surface area contributed by atoms with Crippen LogP contribution < -0.4 is 16.8 Å². The summed E-state index contributed by atoms with van der Waals surface area (Å²) in [6.07, 6.45) is 3.42. The van der Waals surface area contributed by atoms with Crippen LogP contribution in [0.1, 0.15) is 47.3 Å². The molecular weight excluding hydrogens is 436 g/mol. The van der Waals surface area contributed by atoms with Crippen molar-refractivity contribution in [3.05, 3.63) is 88.9 Å². The molecule has 0 unspecified atom stereocenters. The second-order valence-electron chi connectivity index (χ2n) is 9.26. The van der Waals surface area contributed by atoms with Crippen LogP contribution in [0.5, 0.6) is 0 Å². The molecule has 5 rings (SSSR count). The molecule has 176 valence electrons. The number of carbonyl (C=O) groups is 1. The van der Waals surface area contributed by atoms with Crippen molar-refractivity contribution in [2.75, 3.05) is 0 Å².